The molecule has 2 atom stereocenters. The summed E-state index contributed by atoms with van der Waals surface area (Å²) in [5, 5.41) is 4.53. The third-order valence-electron chi connectivity index (χ3n) is 6.07. The van der Waals surface area contributed by atoms with Crippen LogP contribution in [-0.2, 0) is 0 Å². The van der Waals surface area contributed by atoms with Crippen LogP contribution in [0.15, 0.2) is 79.0 Å². The third kappa shape index (κ3) is 3.79. The Morgan fingerprint density at radius 3 is 2.52 bits per heavy atom. The molecule has 4 nitrogen and oxygen atoms in total. The standard InChI is InChI=1S/C26H22ClFN4S/c1-16-14-20(17(2)31(16)19-9-7-8-18(27)15-19)25-24(22-11-5-6-13-29-22)30-26(33)32(25)23-12-4-3-10-21(23)28/h3-15,24-25H,1-2H3,(H,30,33)/t24-,25-/m0/s1. The highest BCUT2D eigenvalue weighted by atomic mass is 35.5. The van der Waals surface area contributed by atoms with Gasteiger partial charge in [-0.1, -0.05) is 35.9 Å². The van der Waals surface area contributed by atoms with Crippen LogP contribution in [0.5, 0.6) is 0 Å². The summed E-state index contributed by atoms with van der Waals surface area (Å²) < 4.78 is 17.1. The van der Waals surface area contributed by atoms with Crippen molar-refractivity contribution in [3.8, 4) is 5.69 Å². The van der Waals surface area contributed by atoms with Gasteiger partial charge in [-0.05, 0) is 80.2 Å². The van der Waals surface area contributed by atoms with Gasteiger partial charge in [-0.3, -0.25) is 4.98 Å². The van der Waals surface area contributed by atoms with Crippen LogP contribution in [0.2, 0.25) is 5.02 Å². The van der Waals surface area contributed by atoms with Crippen LogP contribution in [0, 0.1) is 19.7 Å². The lowest BCUT2D eigenvalue weighted by Crippen LogP contribution is -2.30. The number of halogens is 2. The van der Waals surface area contributed by atoms with E-state index in [-0.39, 0.29) is 17.9 Å². The minimum atomic E-state index is -0.322. The topological polar surface area (TPSA) is 33.1 Å². The summed E-state index contributed by atoms with van der Waals surface area (Å²) in [6.45, 7) is 4.13. The van der Waals surface area contributed by atoms with Gasteiger partial charge in [0.15, 0.2) is 5.11 Å². The first kappa shape index (κ1) is 21.6. The second-order valence-electron chi connectivity index (χ2n) is 8.09. The zero-order chi connectivity index (χ0) is 23.1. The van der Waals surface area contributed by atoms with Gasteiger partial charge >= 0.3 is 0 Å². The number of anilines is 1. The van der Waals surface area contributed by atoms with Crippen molar-refractivity contribution >= 4 is 34.6 Å². The quantitative estimate of drug-likeness (QED) is 0.343. The van der Waals surface area contributed by atoms with E-state index < -0.39 is 0 Å². The maximum Gasteiger partial charge on any atom is 0.174 e. The van der Waals surface area contributed by atoms with Crippen LogP contribution in [0.1, 0.15) is 34.7 Å². The van der Waals surface area contributed by atoms with Crippen molar-refractivity contribution in [3.05, 3.63) is 112 Å². The number of pyridine rings is 1. The van der Waals surface area contributed by atoms with Crippen LogP contribution < -0.4 is 10.2 Å². The molecule has 33 heavy (non-hydrogen) atoms. The lowest BCUT2D eigenvalue weighted by Gasteiger charge is -2.28. The molecule has 0 saturated carbocycles. The number of benzene rings is 2. The Morgan fingerprint density at radius 2 is 1.79 bits per heavy atom. The molecule has 5 rings (SSSR count). The van der Waals surface area contributed by atoms with Crippen LogP contribution in [-0.4, -0.2) is 14.7 Å². The van der Waals surface area contributed by atoms with E-state index in [4.69, 9.17) is 23.8 Å². The van der Waals surface area contributed by atoms with Crippen molar-refractivity contribution in [1.29, 1.82) is 0 Å². The van der Waals surface area contributed by atoms with Gasteiger partial charge in [0.05, 0.1) is 23.5 Å². The number of rotatable bonds is 4. The lowest BCUT2D eigenvalue weighted by molar-refractivity contribution is 0.556. The Kier molecular flexibility index (Phi) is 5.64. The predicted octanol–water partition coefficient (Wildman–Crippen LogP) is 6.46. The van der Waals surface area contributed by atoms with Crippen molar-refractivity contribution < 1.29 is 4.39 Å². The van der Waals surface area contributed by atoms with E-state index in [0.29, 0.717) is 15.8 Å². The van der Waals surface area contributed by atoms with Crippen LogP contribution in [0.4, 0.5) is 10.1 Å². The molecule has 2 aromatic heterocycles. The summed E-state index contributed by atoms with van der Waals surface area (Å²) >= 11 is 12.0. The zero-order valence-corrected chi connectivity index (χ0v) is 19.7. The average Bonchev–Trinajstić information content (AvgIpc) is 3.30. The van der Waals surface area contributed by atoms with Gasteiger partial charge in [0.25, 0.3) is 0 Å². The molecule has 1 aliphatic heterocycles. The minimum absolute atomic E-state index is 0.244. The molecule has 4 aromatic rings. The number of para-hydroxylation sites is 1. The Labute approximate surface area is 202 Å². The molecule has 1 fully saturated rings. The molecule has 0 bridgehead atoms. The minimum Gasteiger partial charge on any atom is -0.351 e. The first-order chi connectivity index (χ1) is 16.0. The highest BCUT2D eigenvalue weighted by Crippen LogP contribution is 2.44. The predicted molar refractivity (Wildman–Crippen MR) is 135 cm³/mol. The molecule has 7 heteroatoms. The smallest absolute Gasteiger partial charge is 0.174 e. The molecular weight excluding hydrogens is 455 g/mol. The number of thiocarbonyl (C=S) groups is 1. The first-order valence-electron chi connectivity index (χ1n) is 10.7. The maximum absolute atomic E-state index is 15.0. The van der Waals surface area contributed by atoms with Gasteiger partial charge in [0, 0.05) is 28.3 Å². The first-order valence-corrected chi connectivity index (χ1v) is 11.4. The average molecular weight is 477 g/mol. The molecular formula is C26H22ClFN4S. The van der Waals surface area contributed by atoms with E-state index in [2.05, 4.69) is 34.8 Å². The summed E-state index contributed by atoms with van der Waals surface area (Å²) in [7, 11) is 0. The van der Waals surface area contributed by atoms with Gasteiger partial charge in [-0.15, -0.1) is 0 Å². The summed E-state index contributed by atoms with van der Waals surface area (Å²) in [6, 6.07) is 21.9. The van der Waals surface area contributed by atoms with Crippen LogP contribution in [0.25, 0.3) is 5.69 Å². The molecule has 0 radical (unpaired) electrons. The number of hydrogen-bond donors (Lipinski definition) is 1. The molecule has 2 aromatic carbocycles. The SMILES string of the molecule is Cc1cc([C@H]2[C@H](c3ccccn3)NC(=S)N2c2ccccc2F)c(C)n1-c1cccc(Cl)c1. The van der Waals surface area contributed by atoms with Crippen LogP contribution >= 0.6 is 23.8 Å². The molecule has 166 valence electrons. The fraction of sp³-hybridized carbons (Fsp3) is 0.154. The van der Waals surface area contributed by atoms with E-state index in [9.17, 15) is 4.39 Å². The second kappa shape index (κ2) is 8.61. The van der Waals surface area contributed by atoms with Crippen molar-refractivity contribution in [2.45, 2.75) is 25.9 Å². The molecule has 3 heterocycles. The molecule has 1 saturated heterocycles. The molecule has 1 aliphatic rings. The monoisotopic (exact) mass is 476 g/mol. The maximum atomic E-state index is 15.0. The fourth-order valence-electron chi connectivity index (χ4n) is 4.68. The number of nitrogens with one attached hydrogen (secondary N) is 1. The van der Waals surface area contributed by atoms with Gasteiger partial charge in [0.1, 0.15) is 5.82 Å². The second-order valence-corrected chi connectivity index (χ2v) is 8.91. The molecule has 1 N–H and O–H groups in total. The van der Waals surface area contributed by atoms with Gasteiger partial charge in [-0.25, -0.2) is 4.39 Å². The molecule has 0 unspecified atom stereocenters. The van der Waals surface area contributed by atoms with Crippen molar-refractivity contribution in [3.63, 3.8) is 0 Å². The summed E-state index contributed by atoms with van der Waals surface area (Å²) in [6.07, 6.45) is 1.76. The third-order valence-corrected chi connectivity index (χ3v) is 6.62. The van der Waals surface area contributed by atoms with Crippen molar-refractivity contribution in [2.75, 3.05) is 4.90 Å². The van der Waals surface area contributed by atoms with Crippen molar-refractivity contribution in [2.24, 2.45) is 0 Å². The number of aromatic nitrogens is 2. The van der Waals surface area contributed by atoms with E-state index in [1.165, 1.54) is 6.07 Å². The van der Waals surface area contributed by atoms with E-state index in [1.807, 2.05) is 53.4 Å². The summed E-state index contributed by atoms with van der Waals surface area (Å²) in [5.41, 5.74) is 5.38. The Hall–Kier alpha value is -3.22. The van der Waals surface area contributed by atoms with E-state index in [0.717, 1.165) is 28.3 Å². The van der Waals surface area contributed by atoms with Crippen molar-refractivity contribution in [1.82, 2.24) is 14.9 Å². The highest BCUT2D eigenvalue weighted by molar-refractivity contribution is 7.80. The summed E-state index contributed by atoms with van der Waals surface area (Å²) in [5.74, 6) is -0.322. The highest BCUT2D eigenvalue weighted by Gasteiger charge is 2.43. The Balaban J connectivity index is 1.70. The number of aryl methyl sites for hydroxylation is 1. The number of hydrogen-bond acceptors (Lipinski definition) is 2. The van der Waals surface area contributed by atoms with Gasteiger partial charge in [-0.2, -0.15) is 0 Å². The Bertz CT molecular complexity index is 1340. The number of nitrogens with zero attached hydrogens (tertiary/aromatic N) is 3. The van der Waals surface area contributed by atoms with Gasteiger partial charge in [0.2, 0.25) is 0 Å². The normalized spacial score (nSPS) is 17.9. The molecule has 0 amide bonds. The van der Waals surface area contributed by atoms with Crippen LogP contribution in [0.3, 0.4) is 0 Å². The van der Waals surface area contributed by atoms with Gasteiger partial charge < -0.3 is 14.8 Å². The zero-order valence-electron chi connectivity index (χ0n) is 18.2. The molecule has 0 aliphatic carbocycles. The largest absolute Gasteiger partial charge is 0.351 e. The Morgan fingerprint density at radius 1 is 1.00 bits per heavy atom. The lowest BCUT2D eigenvalue weighted by atomic mass is 9.96. The van der Waals surface area contributed by atoms with E-state index >= 15 is 0 Å². The fourth-order valence-corrected chi connectivity index (χ4v) is 5.20. The molecule has 0 spiro atoms. The summed E-state index contributed by atoms with van der Waals surface area (Å²) in [4.78, 5) is 6.45. The van der Waals surface area contributed by atoms with E-state index in [1.54, 1.807) is 18.3 Å².